The Balaban J connectivity index is 2.17. The summed E-state index contributed by atoms with van der Waals surface area (Å²) in [5, 5.41) is 0. The van der Waals surface area contributed by atoms with Crippen molar-refractivity contribution in [3.63, 3.8) is 0 Å². The van der Waals surface area contributed by atoms with Crippen molar-refractivity contribution in [2.45, 2.75) is 72.6 Å². The Morgan fingerprint density at radius 2 is 1.13 bits per heavy atom. The first-order valence-corrected chi connectivity index (χ1v) is 19.3. The van der Waals surface area contributed by atoms with E-state index in [-0.39, 0.29) is 0 Å². The number of rotatable bonds is 12. The number of benzene rings is 2. The van der Waals surface area contributed by atoms with Crippen LogP contribution in [0.1, 0.15) is 59.3 Å². The standard InChI is InChI=1S/C15H10NO.3C4H9.Sn/c1-3-7-12(8-4-1)14-11-16-15(17-14)13-9-5-2-6-10-13;3*1-3-4-2;/h1-10H;3*1,3-4H2,2H3;. The fraction of sp³-hybridized carbons (Fsp3) is 0.444. The first kappa shape index (κ1) is 23.1. The number of aromatic nitrogens is 1. The Morgan fingerprint density at radius 3 is 1.60 bits per heavy atom. The van der Waals surface area contributed by atoms with Crippen LogP contribution in [-0.2, 0) is 0 Å². The summed E-state index contributed by atoms with van der Waals surface area (Å²) in [6.45, 7) is 6.98. The van der Waals surface area contributed by atoms with E-state index < -0.39 is 18.4 Å². The van der Waals surface area contributed by atoms with Crippen molar-refractivity contribution < 1.29 is 4.42 Å². The van der Waals surface area contributed by atoms with Gasteiger partial charge in [0.1, 0.15) is 0 Å². The van der Waals surface area contributed by atoms with Crippen molar-refractivity contribution >= 4 is 22.1 Å². The summed E-state index contributed by atoms with van der Waals surface area (Å²) < 4.78 is 12.2. The van der Waals surface area contributed by atoms with E-state index in [0.29, 0.717) is 0 Å². The number of oxazole rings is 1. The van der Waals surface area contributed by atoms with Gasteiger partial charge >= 0.3 is 188 Å². The molecule has 1 aromatic heterocycles. The zero-order chi connectivity index (χ0) is 21.2. The quantitative estimate of drug-likeness (QED) is 0.231. The molecule has 0 spiro atoms. The van der Waals surface area contributed by atoms with Gasteiger partial charge in [0.05, 0.1) is 0 Å². The molecule has 0 aliphatic carbocycles. The van der Waals surface area contributed by atoms with Gasteiger partial charge in [0.2, 0.25) is 0 Å². The number of hydrogen-bond donors (Lipinski definition) is 0. The van der Waals surface area contributed by atoms with E-state index in [1.54, 1.807) is 0 Å². The van der Waals surface area contributed by atoms with E-state index in [1.165, 1.54) is 61.1 Å². The molecule has 3 aromatic rings. The van der Waals surface area contributed by atoms with Gasteiger partial charge in [-0.2, -0.15) is 0 Å². The molecule has 0 aliphatic rings. The average molecular weight is 510 g/mol. The van der Waals surface area contributed by atoms with Crippen molar-refractivity contribution in [2.75, 3.05) is 0 Å². The van der Waals surface area contributed by atoms with Crippen molar-refractivity contribution in [1.82, 2.24) is 4.98 Å². The Kier molecular flexibility index (Phi) is 9.04. The van der Waals surface area contributed by atoms with E-state index in [2.05, 4.69) is 81.4 Å². The normalized spacial score (nSPS) is 11.7. The maximum absolute atomic E-state index is 6.57. The SMILES string of the molecule is CCC[CH2][Sn]([CH2]CCC)([CH2]CCC)[c]1nc(-c2ccccc2)oc1-c1ccccc1. The van der Waals surface area contributed by atoms with E-state index >= 15 is 0 Å². The van der Waals surface area contributed by atoms with Crippen LogP contribution in [-0.4, -0.2) is 23.4 Å². The molecule has 2 aromatic carbocycles. The summed E-state index contributed by atoms with van der Waals surface area (Å²) in [6, 6.07) is 21.1. The molecule has 0 amide bonds. The fourth-order valence-corrected chi connectivity index (χ4v) is 20.3. The van der Waals surface area contributed by atoms with Gasteiger partial charge in [0.15, 0.2) is 0 Å². The minimum absolute atomic E-state index is 0.801. The first-order valence-electron chi connectivity index (χ1n) is 11.9. The third-order valence-electron chi connectivity index (χ3n) is 6.21. The summed E-state index contributed by atoms with van der Waals surface area (Å²) in [6.07, 6.45) is 7.77. The van der Waals surface area contributed by atoms with Crippen LogP contribution in [0.4, 0.5) is 0 Å². The molecule has 0 saturated carbocycles. The van der Waals surface area contributed by atoms with E-state index in [0.717, 1.165) is 17.2 Å². The van der Waals surface area contributed by atoms with Crippen LogP contribution in [0.15, 0.2) is 65.1 Å². The molecule has 160 valence electrons. The van der Waals surface area contributed by atoms with Gasteiger partial charge in [0.25, 0.3) is 0 Å². The van der Waals surface area contributed by atoms with E-state index in [4.69, 9.17) is 9.40 Å². The van der Waals surface area contributed by atoms with Crippen LogP contribution >= 0.6 is 0 Å². The summed E-state index contributed by atoms with van der Waals surface area (Å²) in [5.41, 5.74) is 2.27. The molecular weight excluding hydrogens is 473 g/mol. The summed E-state index contributed by atoms with van der Waals surface area (Å²) in [7, 11) is 0. The molecule has 2 nitrogen and oxygen atoms in total. The summed E-state index contributed by atoms with van der Waals surface area (Å²) in [4.78, 5) is 5.31. The molecule has 0 bridgehead atoms. The van der Waals surface area contributed by atoms with Crippen LogP contribution in [0, 0.1) is 0 Å². The molecule has 30 heavy (non-hydrogen) atoms. The Hall–Kier alpha value is -1.55. The molecule has 0 N–H and O–H groups in total. The van der Waals surface area contributed by atoms with Crippen LogP contribution in [0.2, 0.25) is 13.3 Å². The van der Waals surface area contributed by atoms with Crippen LogP contribution in [0.5, 0.6) is 0 Å². The zero-order valence-corrected chi connectivity index (χ0v) is 21.8. The van der Waals surface area contributed by atoms with Gasteiger partial charge in [-0.3, -0.25) is 0 Å². The van der Waals surface area contributed by atoms with E-state index in [1.807, 2.05) is 0 Å². The molecule has 0 fully saturated rings. The second kappa shape index (κ2) is 11.7. The van der Waals surface area contributed by atoms with Crippen LogP contribution < -0.4 is 3.71 Å². The van der Waals surface area contributed by atoms with Gasteiger partial charge in [-0.25, -0.2) is 0 Å². The molecule has 3 rings (SSSR count). The Bertz CT molecular complexity index is 851. The van der Waals surface area contributed by atoms with Gasteiger partial charge in [-0.1, -0.05) is 0 Å². The van der Waals surface area contributed by atoms with Gasteiger partial charge in [-0.05, 0) is 0 Å². The van der Waals surface area contributed by atoms with Gasteiger partial charge < -0.3 is 0 Å². The van der Waals surface area contributed by atoms with Crippen LogP contribution in [0.25, 0.3) is 22.8 Å². The van der Waals surface area contributed by atoms with Crippen molar-refractivity contribution in [3.8, 4) is 22.8 Å². The molecule has 0 atom stereocenters. The molecular formula is C27H37NOSn. The summed E-state index contributed by atoms with van der Waals surface area (Å²) >= 11 is -2.73. The molecule has 0 saturated heterocycles. The molecule has 1 heterocycles. The number of nitrogens with zero attached hydrogens (tertiary/aromatic N) is 1. The second-order valence-corrected chi connectivity index (χ2v) is 21.5. The molecule has 0 unspecified atom stereocenters. The Morgan fingerprint density at radius 1 is 0.667 bits per heavy atom. The fourth-order valence-electron chi connectivity index (χ4n) is 4.44. The third-order valence-corrected chi connectivity index (χ3v) is 21.3. The maximum atomic E-state index is 6.57. The minimum atomic E-state index is -2.73. The van der Waals surface area contributed by atoms with Crippen LogP contribution in [0.3, 0.4) is 0 Å². The molecule has 0 radical (unpaired) electrons. The number of hydrogen-bond acceptors (Lipinski definition) is 2. The van der Waals surface area contributed by atoms with Crippen molar-refractivity contribution in [1.29, 1.82) is 0 Å². The van der Waals surface area contributed by atoms with Crippen molar-refractivity contribution in [2.24, 2.45) is 0 Å². The third kappa shape index (κ3) is 5.57. The van der Waals surface area contributed by atoms with Gasteiger partial charge in [-0.15, -0.1) is 0 Å². The summed E-state index contributed by atoms with van der Waals surface area (Å²) in [5.74, 6) is 1.86. The number of unbranched alkanes of at least 4 members (excludes halogenated alkanes) is 3. The first-order chi connectivity index (χ1) is 14.7. The monoisotopic (exact) mass is 511 g/mol. The predicted octanol–water partition coefficient (Wildman–Crippen LogP) is 8.06. The molecule has 0 aliphatic heterocycles. The Labute approximate surface area is 187 Å². The topological polar surface area (TPSA) is 26.0 Å². The zero-order valence-electron chi connectivity index (χ0n) is 19.0. The average Bonchev–Trinajstić information content (AvgIpc) is 3.26. The van der Waals surface area contributed by atoms with E-state index in [9.17, 15) is 0 Å². The second-order valence-electron chi connectivity index (χ2n) is 8.52. The van der Waals surface area contributed by atoms with Gasteiger partial charge in [0, 0.05) is 0 Å². The van der Waals surface area contributed by atoms with Crippen molar-refractivity contribution in [3.05, 3.63) is 60.7 Å². The molecule has 3 heteroatoms. The predicted molar refractivity (Wildman–Crippen MR) is 132 cm³/mol.